The molecule has 7 nitrogen and oxygen atoms in total. The Hall–Kier alpha value is -3.59. The van der Waals surface area contributed by atoms with Gasteiger partial charge in [0, 0.05) is 22.6 Å². The van der Waals surface area contributed by atoms with E-state index in [9.17, 15) is 13.2 Å². The smallest absolute Gasteiger partial charge is 0.264 e. The molecule has 0 saturated carbocycles. The highest BCUT2D eigenvalue weighted by Crippen LogP contribution is 2.28. The molecule has 1 amide bonds. The van der Waals surface area contributed by atoms with Crippen LogP contribution in [0.2, 0.25) is 10.0 Å². The van der Waals surface area contributed by atoms with Crippen LogP contribution in [0.15, 0.2) is 88.9 Å². The van der Waals surface area contributed by atoms with E-state index >= 15 is 0 Å². The second-order valence-electron chi connectivity index (χ2n) is 8.86. The average Bonchev–Trinajstić information content (AvgIpc) is 3.21. The normalized spacial score (nSPS) is 11.6. The number of nitrogens with zero attached hydrogens (tertiary/aromatic N) is 3. The summed E-state index contributed by atoms with van der Waals surface area (Å²) < 4.78 is 30.3. The van der Waals surface area contributed by atoms with E-state index in [4.69, 9.17) is 23.2 Å². The van der Waals surface area contributed by atoms with E-state index in [0.717, 1.165) is 32.5 Å². The number of rotatable bonds is 9. The third kappa shape index (κ3) is 6.19. The lowest BCUT2D eigenvalue weighted by Crippen LogP contribution is -2.40. The number of benzene rings is 3. The van der Waals surface area contributed by atoms with Crippen LogP contribution in [0.1, 0.15) is 29.4 Å². The molecule has 4 aromatic rings. The number of nitrogens with one attached hydrogen (secondary N) is 1. The van der Waals surface area contributed by atoms with E-state index in [-0.39, 0.29) is 4.90 Å². The summed E-state index contributed by atoms with van der Waals surface area (Å²) in [7, 11) is -4.01. The fourth-order valence-corrected chi connectivity index (χ4v) is 6.12. The molecule has 4 rings (SSSR count). The van der Waals surface area contributed by atoms with Crippen molar-refractivity contribution >= 4 is 51.0 Å². The summed E-state index contributed by atoms with van der Waals surface area (Å²) in [6.07, 6.45) is 2.13. The lowest BCUT2D eigenvalue weighted by molar-refractivity contribution is -0.119. The van der Waals surface area contributed by atoms with Crippen LogP contribution in [0, 0.1) is 13.8 Å². The molecule has 0 unspecified atom stereocenters. The number of para-hydroxylation sites is 1. The molecule has 0 aliphatic rings. The van der Waals surface area contributed by atoms with Gasteiger partial charge in [0.05, 0.1) is 26.8 Å². The molecule has 0 atom stereocenters. The summed E-state index contributed by atoms with van der Waals surface area (Å²) in [4.78, 5) is 13.1. The monoisotopic (exact) mass is 582 g/mol. The molecule has 39 heavy (non-hydrogen) atoms. The number of carbonyl (C=O) groups is 1. The molecule has 0 spiro atoms. The van der Waals surface area contributed by atoms with Crippen LogP contribution >= 0.6 is 23.2 Å². The largest absolute Gasteiger partial charge is 0.318 e. The van der Waals surface area contributed by atoms with Gasteiger partial charge in [0.2, 0.25) is 0 Å². The highest BCUT2D eigenvalue weighted by molar-refractivity contribution is 7.92. The van der Waals surface area contributed by atoms with Crippen LogP contribution in [-0.4, -0.2) is 31.7 Å². The van der Waals surface area contributed by atoms with Crippen LogP contribution in [0.5, 0.6) is 0 Å². The number of hydrogen-bond acceptors (Lipinski definition) is 4. The first-order valence-electron chi connectivity index (χ1n) is 12.3. The minimum atomic E-state index is -4.01. The minimum Gasteiger partial charge on any atom is -0.318 e. The Bertz CT molecular complexity index is 1630. The lowest BCUT2D eigenvalue weighted by Gasteiger charge is -2.25. The van der Waals surface area contributed by atoms with Crippen molar-refractivity contribution in [1.29, 1.82) is 0 Å². The first kappa shape index (κ1) is 28.4. The molecule has 1 heterocycles. The Balaban J connectivity index is 1.57. The van der Waals surface area contributed by atoms with Crippen molar-refractivity contribution in [3.05, 3.63) is 111 Å². The Labute approximate surface area is 238 Å². The number of sulfonamides is 1. The van der Waals surface area contributed by atoms with E-state index in [0.29, 0.717) is 22.2 Å². The Morgan fingerprint density at radius 2 is 1.67 bits per heavy atom. The van der Waals surface area contributed by atoms with Gasteiger partial charge < -0.3 is 4.57 Å². The molecule has 202 valence electrons. The standard InChI is InChI=1S/C29H28Cl2N4O3S/c1-4-22-10-8-9-13-28(22)34(39(37,38)25-11-6-5-7-12-25)19-29(36)33-32-18-23-16-20(2)35(21(23)3)24-14-15-26(30)27(31)17-24/h5-18H,4,19H2,1-3H3,(H,33,36)/b32-18-. The maximum atomic E-state index is 13.6. The average molecular weight is 584 g/mol. The van der Waals surface area contributed by atoms with E-state index in [1.165, 1.54) is 18.3 Å². The van der Waals surface area contributed by atoms with E-state index in [1.807, 2.05) is 49.6 Å². The molecule has 0 aliphatic heterocycles. The Kier molecular flexibility index (Phi) is 8.80. The fraction of sp³-hybridized carbons (Fsp3) is 0.172. The summed E-state index contributed by atoms with van der Waals surface area (Å²) in [6, 6.07) is 22.5. The van der Waals surface area contributed by atoms with Crippen molar-refractivity contribution in [1.82, 2.24) is 9.99 Å². The zero-order valence-corrected chi connectivity index (χ0v) is 24.1. The number of aromatic nitrogens is 1. The van der Waals surface area contributed by atoms with Gasteiger partial charge in [-0.05, 0) is 68.3 Å². The maximum Gasteiger partial charge on any atom is 0.264 e. The first-order chi connectivity index (χ1) is 18.6. The SMILES string of the molecule is CCc1ccccc1N(CC(=O)N/N=C\c1cc(C)n(-c2ccc(Cl)c(Cl)c2)c1C)S(=O)(=O)c1ccccc1. The zero-order chi connectivity index (χ0) is 28.2. The Morgan fingerprint density at radius 1 is 0.974 bits per heavy atom. The number of hydrogen-bond donors (Lipinski definition) is 1. The summed E-state index contributed by atoms with van der Waals surface area (Å²) in [6.45, 7) is 5.37. The molecule has 10 heteroatoms. The first-order valence-corrected chi connectivity index (χ1v) is 14.4. The third-order valence-electron chi connectivity index (χ3n) is 6.28. The van der Waals surface area contributed by atoms with Gasteiger partial charge in [-0.2, -0.15) is 5.10 Å². The number of anilines is 1. The van der Waals surface area contributed by atoms with Gasteiger partial charge in [-0.25, -0.2) is 13.8 Å². The number of aryl methyl sites for hydroxylation is 2. The molecule has 1 N–H and O–H groups in total. The summed E-state index contributed by atoms with van der Waals surface area (Å²) in [5, 5.41) is 5.04. The summed E-state index contributed by atoms with van der Waals surface area (Å²) in [5.41, 5.74) is 7.19. The molecule has 0 bridgehead atoms. The molecular formula is C29H28Cl2N4O3S. The number of hydrazone groups is 1. The van der Waals surface area contributed by atoms with Crippen LogP contribution < -0.4 is 9.73 Å². The Morgan fingerprint density at radius 3 is 2.36 bits per heavy atom. The van der Waals surface area contributed by atoms with Crippen LogP contribution in [0.3, 0.4) is 0 Å². The lowest BCUT2D eigenvalue weighted by atomic mass is 10.1. The van der Waals surface area contributed by atoms with E-state index in [1.54, 1.807) is 42.5 Å². The summed E-state index contributed by atoms with van der Waals surface area (Å²) in [5.74, 6) is -0.574. The van der Waals surface area contributed by atoms with Crippen LogP contribution in [0.4, 0.5) is 5.69 Å². The van der Waals surface area contributed by atoms with Gasteiger partial charge in [-0.15, -0.1) is 0 Å². The number of carbonyl (C=O) groups excluding carboxylic acids is 1. The van der Waals surface area contributed by atoms with Gasteiger partial charge >= 0.3 is 0 Å². The molecule has 0 fully saturated rings. The van der Waals surface area contributed by atoms with Gasteiger partial charge in [-0.1, -0.05) is 66.5 Å². The predicted octanol–water partition coefficient (Wildman–Crippen LogP) is 6.31. The quantitative estimate of drug-likeness (QED) is 0.185. The van der Waals surface area contributed by atoms with E-state index in [2.05, 4.69) is 10.5 Å². The van der Waals surface area contributed by atoms with Gasteiger partial charge in [0.15, 0.2) is 0 Å². The van der Waals surface area contributed by atoms with Crippen molar-refractivity contribution < 1.29 is 13.2 Å². The van der Waals surface area contributed by atoms with Gasteiger partial charge in [0.25, 0.3) is 15.9 Å². The second kappa shape index (κ2) is 12.1. The molecule has 3 aromatic carbocycles. The van der Waals surface area contributed by atoms with Crippen molar-refractivity contribution in [3.8, 4) is 5.69 Å². The van der Waals surface area contributed by atoms with Crippen molar-refractivity contribution in [2.24, 2.45) is 5.10 Å². The van der Waals surface area contributed by atoms with Crippen molar-refractivity contribution in [2.45, 2.75) is 32.1 Å². The number of amides is 1. The van der Waals surface area contributed by atoms with Crippen LogP contribution in [0.25, 0.3) is 5.69 Å². The number of halogens is 2. The zero-order valence-electron chi connectivity index (χ0n) is 21.7. The van der Waals surface area contributed by atoms with Gasteiger partial charge in [-0.3, -0.25) is 9.10 Å². The van der Waals surface area contributed by atoms with Gasteiger partial charge in [0.1, 0.15) is 6.54 Å². The molecule has 0 saturated heterocycles. The van der Waals surface area contributed by atoms with Crippen molar-refractivity contribution in [3.63, 3.8) is 0 Å². The highest BCUT2D eigenvalue weighted by atomic mass is 35.5. The highest BCUT2D eigenvalue weighted by Gasteiger charge is 2.28. The minimum absolute atomic E-state index is 0.0990. The third-order valence-corrected chi connectivity index (χ3v) is 8.80. The molecular weight excluding hydrogens is 555 g/mol. The van der Waals surface area contributed by atoms with Crippen LogP contribution in [-0.2, 0) is 21.2 Å². The maximum absolute atomic E-state index is 13.6. The molecule has 1 aromatic heterocycles. The van der Waals surface area contributed by atoms with E-state index < -0.39 is 22.5 Å². The molecule has 0 radical (unpaired) electrons. The topological polar surface area (TPSA) is 83.8 Å². The fourth-order valence-electron chi connectivity index (χ4n) is 4.35. The van der Waals surface area contributed by atoms with Crippen molar-refractivity contribution in [2.75, 3.05) is 10.8 Å². The summed E-state index contributed by atoms with van der Waals surface area (Å²) >= 11 is 12.3. The predicted molar refractivity (Wildman–Crippen MR) is 158 cm³/mol. The second-order valence-corrected chi connectivity index (χ2v) is 11.5. The molecule has 0 aliphatic carbocycles.